The van der Waals surface area contributed by atoms with Crippen molar-refractivity contribution >= 4 is 17.5 Å². The molecule has 2 saturated heterocycles. The number of nitrogens with zero attached hydrogens (tertiary/aromatic N) is 1. The number of ether oxygens (including phenoxy) is 2. The van der Waals surface area contributed by atoms with Crippen LogP contribution in [-0.2, 0) is 20.4 Å². The van der Waals surface area contributed by atoms with Crippen molar-refractivity contribution in [1.29, 1.82) is 0 Å². The van der Waals surface area contributed by atoms with Crippen molar-refractivity contribution in [2.24, 2.45) is 5.41 Å². The molecule has 0 bridgehead atoms. The molecule has 154 valence electrons. The molecule has 2 heterocycles. The molecule has 1 aromatic carbocycles. The monoisotopic (exact) mass is 400 g/mol. The quantitative estimate of drug-likeness (QED) is 0.844. The van der Waals surface area contributed by atoms with Crippen molar-refractivity contribution in [1.82, 2.24) is 4.90 Å². The zero-order valence-electron chi connectivity index (χ0n) is 15.6. The molecule has 3 rings (SSSR count). The highest BCUT2D eigenvalue weighted by Crippen LogP contribution is 2.40. The van der Waals surface area contributed by atoms with Gasteiger partial charge in [0, 0.05) is 44.7 Å². The lowest BCUT2D eigenvalue weighted by Gasteiger charge is -2.33. The Morgan fingerprint density at radius 3 is 2.57 bits per heavy atom. The summed E-state index contributed by atoms with van der Waals surface area (Å²) in [6, 6.07) is 2.93. The Morgan fingerprint density at radius 1 is 1.21 bits per heavy atom. The summed E-state index contributed by atoms with van der Waals surface area (Å²) in [7, 11) is 1.31. The summed E-state index contributed by atoms with van der Waals surface area (Å²) in [5, 5.41) is 2.35. The molecule has 6 nitrogen and oxygen atoms in total. The number of anilines is 1. The Hall–Kier alpha value is -2.13. The van der Waals surface area contributed by atoms with Gasteiger partial charge < -0.3 is 19.7 Å². The summed E-state index contributed by atoms with van der Waals surface area (Å²) in [5.74, 6) is -1.06. The van der Waals surface area contributed by atoms with Gasteiger partial charge in [0.2, 0.25) is 5.91 Å². The van der Waals surface area contributed by atoms with Crippen molar-refractivity contribution in [2.45, 2.75) is 25.4 Å². The van der Waals surface area contributed by atoms with E-state index in [1.54, 1.807) is 4.90 Å². The first-order valence-electron chi connectivity index (χ1n) is 9.11. The van der Waals surface area contributed by atoms with Gasteiger partial charge in [-0.05, 0) is 42.9 Å². The van der Waals surface area contributed by atoms with E-state index in [0.717, 1.165) is 31.4 Å². The molecule has 0 aliphatic carbocycles. The lowest BCUT2D eigenvalue weighted by molar-refractivity contribution is -0.137. The average molecular weight is 400 g/mol. The van der Waals surface area contributed by atoms with Gasteiger partial charge in [0.05, 0.1) is 5.56 Å². The number of halogens is 3. The van der Waals surface area contributed by atoms with E-state index in [-0.39, 0.29) is 23.3 Å². The molecule has 2 amide bonds. The summed E-state index contributed by atoms with van der Waals surface area (Å²) in [4.78, 5) is 26.2. The second kappa shape index (κ2) is 8.08. The van der Waals surface area contributed by atoms with E-state index in [0.29, 0.717) is 26.3 Å². The Morgan fingerprint density at radius 2 is 1.93 bits per heavy atom. The van der Waals surface area contributed by atoms with Crippen molar-refractivity contribution in [3.05, 3.63) is 29.3 Å². The fraction of sp³-hybridized carbons (Fsp3) is 0.579. The molecule has 9 heteroatoms. The fourth-order valence-corrected chi connectivity index (χ4v) is 3.82. The normalized spacial score (nSPS) is 19.1. The second-order valence-corrected chi connectivity index (χ2v) is 7.37. The Labute approximate surface area is 161 Å². The molecule has 1 N–H and O–H groups in total. The summed E-state index contributed by atoms with van der Waals surface area (Å²) >= 11 is 0. The number of likely N-dealkylation sites (tertiary alicyclic amines) is 1. The maximum atomic E-state index is 13.3. The molecule has 2 fully saturated rings. The van der Waals surface area contributed by atoms with Crippen molar-refractivity contribution in [2.75, 3.05) is 45.3 Å². The van der Waals surface area contributed by atoms with Crippen LogP contribution in [0.15, 0.2) is 18.2 Å². The summed E-state index contributed by atoms with van der Waals surface area (Å²) < 4.78 is 49.9. The molecule has 0 aromatic heterocycles. The van der Waals surface area contributed by atoms with Crippen LogP contribution < -0.4 is 5.32 Å². The van der Waals surface area contributed by atoms with Crippen LogP contribution in [-0.4, -0.2) is 56.7 Å². The number of amides is 2. The number of rotatable bonds is 4. The number of alkyl halides is 3. The van der Waals surface area contributed by atoms with Crippen molar-refractivity contribution in [3.8, 4) is 0 Å². The zero-order valence-corrected chi connectivity index (χ0v) is 15.6. The highest BCUT2D eigenvalue weighted by atomic mass is 19.4. The Balaban J connectivity index is 1.83. The molecule has 2 aliphatic heterocycles. The van der Waals surface area contributed by atoms with E-state index in [2.05, 4.69) is 10.1 Å². The minimum atomic E-state index is -4.63. The molecule has 2 aliphatic rings. The third-order valence-corrected chi connectivity index (χ3v) is 5.35. The number of carbonyl (C=O) groups is 2. The second-order valence-electron chi connectivity index (χ2n) is 7.37. The van der Waals surface area contributed by atoms with Crippen LogP contribution in [0.2, 0.25) is 0 Å². The standard InChI is InChI=1S/C19H23F3N2O4/c1-27-11-16(25)23-15-9-13(8-14(10-15)19(20,21)22)17(26)24-5-2-18(12-24)3-6-28-7-4-18/h8-10H,2-7,11-12H2,1H3,(H,23,25). The van der Waals surface area contributed by atoms with E-state index >= 15 is 0 Å². The number of benzene rings is 1. The summed E-state index contributed by atoms with van der Waals surface area (Å²) in [6.07, 6.45) is -2.13. The summed E-state index contributed by atoms with van der Waals surface area (Å²) in [5.41, 5.74) is -1.16. The van der Waals surface area contributed by atoms with E-state index in [9.17, 15) is 22.8 Å². The van der Waals surface area contributed by atoms with Gasteiger partial charge in [-0.25, -0.2) is 0 Å². The molecular formula is C19H23F3N2O4. The van der Waals surface area contributed by atoms with E-state index in [1.165, 1.54) is 13.2 Å². The van der Waals surface area contributed by atoms with Crippen LogP contribution in [0, 0.1) is 5.41 Å². The fourth-order valence-electron chi connectivity index (χ4n) is 3.82. The van der Waals surface area contributed by atoms with Gasteiger partial charge in [-0.3, -0.25) is 9.59 Å². The Bertz CT molecular complexity index is 745. The van der Waals surface area contributed by atoms with Gasteiger partial charge >= 0.3 is 6.18 Å². The minimum absolute atomic E-state index is 0.00887. The lowest BCUT2D eigenvalue weighted by atomic mass is 9.80. The van der Waals surface area contributed by atoms with Crippen LogP contribution in [0.4, 0.5) is 18.9 Å². The van der Waals surface area contributed by atoms with Gasteiger partial charge in [-0.15, -0.1) is 0 Å². The maximum Gasteiger partial charge on any atom is 0.416 e. The van der Waals surface area contributed by atoms with Gasteiger partial charge in [-0.1, -0.05) is 0 Å². The van der Waals surface area contributed by atoms with Crippen molar-refractivity contribution in [3.63, 3.8) is 0 Å². The van der Waals surface area contributed by atoms with Crippen molar-refractivity contribution < 1.29 is 32.2 Å². The van der Waals surface area contributed by atoms with Crippen LogP contribution in [0.25, 0.3) is 0 Å². The molecule has 0 radical (unpaired) electrons. The first-order valence-corrected chi connectivity index (χ1v) is 9.11. The molecule has 1 aromatic rings. The maximum absolute atomic E-state index is 13.3. The predicted octanol–water partition coefficient (Wildman–Crippen LogP) is 2.93. The van der Waals surface area contributed by atoms with E-state index in [4.69, 9.17) is 4.74 Å². The molecule has 0 atom stereocenters. The van der Waals surface area contributed by atoms with E-state index < -0.39 is 23.6 Å². The van der Waals surface area contributed by atoms with Crippen LogP contribution in [0.1, 0.15) is 35.2 Å². The highest BCUT2D eigenvalue weighted by Gasteiger charge is 2.41. The third-order valence-electron chi connectivity index (χ3n) is 5.35. The van der Waals surface area contributed by atoms with Gasteiger partial charge in [0.1, 0.15) is 6.61 Å². The summed E-state index contributed by atoms with van der Waals surface area (Å²) in [6.45, 7) is 2.00. The predicted molar refractivity (Wildman–Crippen MR) is 95.0 cm³/mol. The SMILES string of the molecule is COCC(=O)Nc1cc(C(=O)N2CCC3(CCOCC3)C2)cc(C(F)(F)F)c1. The van der Waals surface area contributed by atoms with E-state index in [1.807, 2.05) is 0 Å². The number of nitrogens with one attached hydrogen (secondary N) is 1. The van der Waals surface area contributed by atoms with Crippen LogP contribution in [0.3, 0.4) is 0 Å². The molecule has 0 unspecified atom stereocenters. The number of carbonyl (C=O) groups excluding carboxylic acids is 2. The highest BCUT2D eigenvalue weighted by molar-refractivity contribution is 5.98. The molecule has 1 spiro atoms. The molecule has 0 saturated carbocycles. The molecular weight excluding hydrogens is 377 g/mol. The largest absolute Gasteiger partial charge is 0.416 e. The topological polar surface area (TPSA) is 67.9 Å². The van der Waals surface area contributed by atoms with Gasteiger partial charge in [0.25, 0.3) is 5.91 Å². The zero-order chi connectivity index (χ0) is 20.4. The number of hydrogen-bond acceptors (Lipinski definition) is 4. The first-order chi connectivity index (χ1) is 13.2. The van der Waals surface area contributed by atoms with Crippen LogP contribution >= 0.6 is 0 Å². The Kier molecular flexibility index (Phi) is 5.95. The molecule has 28 heavy (non-hydrogen) atoms. The first kappa shape index (κ1) is 20.6. The smallest absolute Gasteiger partial charge is 0.381 e. The third kappa shape index (κ3) is 4.64. The van der Waals surface area contributed by atoms with Crippen LogP contribution in [0.5, 0.6) is 0 Å². The number of hydrogen-bond donors (Lipinski definition) is 1. The lowest BCUT2D eigenvalue weighted by Crippen LogP contribution is -2.35. The average Bonchev–Trinajstić information content (AvgIpc) is 3.04. The minimum Gasteiger partial charge on any atom is -0.381 e. The number of methoxy groups -OCH3 is 1. The van der Waals surface area contributed by atoms with Gasteiger partial charge in [0.15, 0.2) is 0 Å². The van der Waals surface area contributed by atoms with Gasteiger partial charge in [-0.2, -0.15) is 13.2 Å².